The summed E-state index contributed by atoms with van der Waals surface area (Å²) >= 11 is 1.20. The van der Waals surface area contributed by atoms with Crippen molar-refractivity contribution in [2.75, 3.05) is 24.6 Å². The summed E-state index contributed by atoms with van der Waals surface area (Å²) in [7, 11) is -2.88. The molecule has 1 aromatic heterocycles. The van der Waals surface area contributed by atoms with E-state index in [4.69, 9.17) is 5.11 Å². The molecule has 0 aliphatic carbocycles. The van der Waals surface area contributed by atoms with Gasteiger partial charge in [0.05, 0.1) is 11.5 Å². The molecule has 2 rings (SSSR count). The molecular weight excluding hydrogens is 262 g/mol. The Morgan fingerprint density at radius 1 is 1.41 bits per heavy atom. The highest BCUT2D eigenvalue weighted by molar-refractivity contribution is 7.91. The van der Waals surface area contributed by atoms with Gasteiger partial charge < -0.3 is 5.11 Å². The van der Waals surface area contributed by atoms with Crippen LogP contribution in [0.5, 0.6) is 0 Å². The summed E-state index contributed by atoms with van der Waals surface area (Å²) in [6.45, 7) is 1.48. The highest BCUT2D eigenvalue weighted by Crippen LogP contribution is 2.19. The van der Waals surface area contributed by atoms with Gasteiger partial charge in [-0.2, -0.15) is 0 Å². The van der Waals surface area contributed by atoms with Gasteiger partial charge in [0, 0.05) is 19.6 Å². The molecular formula is C10H13NO4S2. The molecule has 0 bridgehead atoms. The average Bonchev–Trinajstić information content (AvgIpc) is 2.69. The molecule has 0 atom stereocenters. The zero-order valence-electron chi connectivity index (χ0n) is 9.13. The van der Waals surface area contributed by atoms with Crippen molar-refractivity contribution in [3.05, 3.63) is 21.9 Å². The maximum absolute atomic E-state index is 11.3. The van der Waals surface area contributed by atoms with E-state index in [1.165, 1.54) is 11.3 Å². The van der Waals surface area contributed by atoms with Crippen LogP contribution >= 0.6 is 11.3 Å². The zero-order valence-corrected chi connectivity index (χ0v) is 10.8. The number of hydrogen-bond acceptors (Lipinski definition) is 5. The first-order chi connectivity index (χ1) is 7.98. The van der Waals surface area contributed by atoms with Crippen molar-refractivity contribution in [2.24, 2.45) is 0 Å². The second kappa shape index (κ2) is 4.75. The van der Waals surface area contributed by atoms with E-state index in [1.807, 2.05) is 4.90 Å². The van der Waals surface area contributed by atoms with Crippen molar-refractivity contribution < 1.29 is 18.3 Å². The number of nitrogens with zero attached hydrogens (tertiary/aromatic N) is 1. The molecule has 1 aliphatic rings. The molecule has 0 spiro atoms. The molecule has 0 radical (unpaired) electrons. The second-order valence-corrected chi connectivity index (χ2v) is 7.23. The predicted octanol–water partition coefficient (Wildman–Crippen LogP) is 0.677. The van der Waals surface area contributed by atoms with Crippen LogP contribution in [0.4, 0.5) is 0 Å². The minimum atomic E-state index is -2.88. The van der Waals surface area contributed by atoms with E-state index < -0.39 is 15.8 Å². The average molecular weight is 275 g/mol. The van der Waals surface area contributed by atoms with E-state index in [2.05, 4.69) is 0 Å². The van der Waals surface area contributed by atoms with Gasteiger partial charge in [0.2, 0.25) is 0 Å². The third-order valence-corrected chi connectivity index (χ3v) is 5.33. The lowest BCUT2D eigenvalue weighted by Crippen LogP contribution is -2.39. The SMILES string of the molecule is O=C(O)c1sccc1CN1CCS(=O)(=O)CC1. The standard InChI is InChI=1S/C10H13NO4S2/c12-10(13)9-8(1-4-16-9)7-11-2-5-17(14,15)6-3-11/h1,4H,2-3,5-7H2,(H,12,13). The van der Waals surface area contributed by atoms with Gasteiger partial charge in [0.1, 0.15) is 4.88 Å². The molecule has 7 heteroatoms. The molecule has 0 saturated carbocycles. The highest BCUT2D eigenvalue weighted by atomic mass is 32.2. The quantitative estimate of drug-likeness (QED) is 0.878. The van der Waals surface area contributed by atoms with Crippen molar-refractivity contribution in [3.8, 4) is 0 Å². The summed E-state index contributed by atoms with van der Waals surface area (Å²) in [5.74, 6) is -0.585. The van der Waals surface area contributed by atoms with E-state index in [0.717, 1.165) is 5.56 Å². The van der Waals surface area contributed by atoms with Gasteiger partial charge in [-0.1, -0.05) is 0 Å². The van der Waals surface area contributed by atoms with Crippen molar-refractivity contribution >= 4 is 27.1 Å². The lowest BCUT2D eigenvalue weighted by Gasteiger charge is -2.26. The fraction of sp³-hybridized carbons (Fsp3) is 0.500. The smallest absolute Gasteiger partial charge is 0.346 e. The molecule has 5 nitrogen and oxygen atoms in total. The molecule has 1 aromatic rings. The summed E-state index contributed by atoms with van der Waals surface area (Å²) in [5, 5.41) is 10.7. The minimum Gasteiger partial charge on any atom is -0.477 e. The van der Waals surface area contributed by atoms with Crippen LogP contribution in [-0.4, -0.2) is 49.0 Å². The summed E-state index contributed by atoms with van der Waals surface area (Å²) in [6, 6.07) is 1.79. The number of hydrogen-bond donors (Lipinski definition) is 1. The third-order valence-electron chi connectivity index (χ3n) is 2.77. The van der Waals surface area contributed by atoms with Gasteiger partial charge in [0.15, 0.2) is 9.84 Å². The molecule has 94 valence electrons. The van der Waals surface area contributed by atoms with Crippen LogP contribution in [0.1, 0.15) is 15.2 Å². The van der Waals surface area contributed by atoms with Gasteiger partial charge >= 0.3 is 5.97 Å². The monoisotopic (exact) mass is 275 g/mol. The number of thiophene rings is 1. The predicted molar refractivity (Wildman–Crippen MR) is 65.2 cm³/mol. The fourth-order valence-electron chi connectivity index (χ4n) is 1.80. The number of carbonyl (C=O) groups is 1. The lowest BCUT2D eigenvalue weighted by atomic mass is 10.2. The summed E-state index contributed by atoms with van der Waals surface area (Å²) in [5.41, 5.74) is 0.766. The summed E-state index contributed by atoms with van der Waals surface area (Å²) in [6.07, 6.45) is 0. The fourth-order valence-corrected chi connectivity index (χ4v) is 3.83. The van der Waals surface area contributed by atoms with Gasteiger partial charge in [-0.25, -0.2) is 13.2 Å². The topological polar surface area (TPSA) is 74.7 Å². The Kier molecular flexibility index (Phi) is 3.50. The number of carboxylic acids is 1. The first-order valence-corrected chi connectivity index (χ1v) is 7.90. The number of rotatable bonds is 3. The van der Waals surface area contributed by atoms with E-state index in [9.17, 15) is 13.2 Å². The molecule has 2 heterocycles. The summed E-state index contributed by atoms with van der Waals surface area (Å²) in [4.78, 5) is 13.3. The Balaban J connectivity index is 2.02. The van der Waals surface area contributed by atoms with Gasteiger partial charge in [-0.05, 0) is 17.0 Å². The van der Waals surface area contributed by atoms with Crippen molar-refractivity contribution in [3.63, 3.8) is 0 Å². The number of sulfone groups is 1. The van der Waals surface area contributed by atoms with Crippen LogP contribution in [0.2, 0.25) is 0 Å². The molecule has 0 aromatic carbocycles. The largest absolute Gasteiger partial charge is 0.477 e. The van der Waals surface area contributed by atoms with Crippen molar-refractivity contribution in [1.29, 1.82) is 0 Å². The Hall–Kier alpha value is -0.920. The van der Waals surface area contributed by atoms with Gasteiger partial charge in [0.25, 0.3) is 0 Å². The van der Waals surface area contributed by atoms with Crippen LogP contribution in [0.25, 0.3) is 0 Å². The first kappa shape index (κ1) is 12.5. The molecule has 1 saturated heterocycles. The van der Waals surface area contributed by atoms with Crippen LogP contribution < -0.4 is 0 Å². The second-order valence-electron chi connectivity index (χ2n) is 4.01. The molecule has 0 amide bonds. The molecule has 1 fully saturated rings. The van der Waals surface area contributed by atoms with E-state index in [-0.39, 0.29) is 11.5 Å². The highest BCUT2D eigenvalue weighted by Gasteiger charge is 2.23. The maximum atomic E-state index is 11.3. The zero-order chi connectivity index (χ0) is 12.5. The Labute approximate surface area is 104 Å². The van der Waals surface area contributed by atoms with Crippen LogP contribution in [0, 0.1) is 0 Å². The molecule has 1 aliphatic heterocycles. The van der Waals surface area contributed by atoms with Crippen LogP contribution in [0.3, 0.4) is 0 Å². The normalized spacial score (nSPS) is 20.2. The Morgan fingerprint density at radius 2 is 2.06 bits per heavy atom. The first-order valence-electron chi connectivity index (χ1n) is 5.20. The van der Waals surface area contributed by atoms with Crippen LogP contribution in [0.15, 0.2) is 11.4 Å². The lowest BCUT2D eigenvalue weighted by molar-refractivity contribution is 0.0700. The van der Waals surface area contributed by atoms with E-state index in [0.29, 0.717) is 24.5 Å². The van der Waals surface area contributed by atoms with Crippen molar-refractivity contribution in [2.45, 2.75) is 6.54 Å². The molecule has 17 heavy (non-hydrogen) atoms. The third kappa shape index (κ3) is 3.05. The number of carboxylic acid groups (broad SMARTS) is 1. The van der Waals surface area contributed by atoms with Crippen LogP contribution in [-0.2, 0) is 16.4 Å². The minimum absolute atomic E-state index is 0.166. The summed E-state index contributed by atoms with van der Waals surface area (Å²) < 4.78 is 22.5. The van der Waals surface area contributed by atoms with E-state index in [1.54, 1.807) is 11.4 Å². The maximum Gasteiger partial charge on any atom is 0.346 e. The van der Waals surface area contributed by atoms with Gasteiger partial charge in [-0.15, -0.1) is 11.3 Å². The van der Waals surface area contributed by atoms with E-state index >= 15 is 0 Å². The van der Waals surface area contributed by atoms with Gasteiger partial charge in [-0.3, -0.25) is 4.90 Å². The number of aromatic carboxylic acids is 1. The Bertz CT molecular complexity index is 506. The molecule has 0 unspecified atom stereocenters. The Morgan fingerprint density at radius 3 is 2.65 bits per heavy atom. The van der Waals surface area contributed by atoms with Crippen molar-refractivity contribution in [1.82, 2.24) is 4.90 Å². The molecule has 1 N–H and O–H groups in total.